The number of hydrogen-bond acceptors (Lipinski definition) is 2. The SMILES string of the molecule is CC.CN1C=CC(C)(C)C=N1. The molecule has 0 aromatic heterocycles. The zero-order valence-corrected chi connectivity index (χ0v) is 8.13. The van der Waals surface area contributed by atoms with Gasteiger partial charge >= 0.3 is 0 Å². The van der Waals surface area contributed by atoms with Crippen LogP contribution in [0.2, 0.25) is 0 Å². The minimum absolute atomic E-state index is 0.145. The molecule has 0 saturated carbocycles. The van der Waals surface area contributed by atoms with Crippen LogP contribution in [0.15, 0.2) is 17.4 Å². The van der Waals surface area contributed by atoms with Gasteiger partial charge in [0.1, 0.15) is 0 Å². The fraction of sp³-hybridized carbons (Fsp3) is 0.667. The lowest BCUT2D eigenvalue weighted by atomic mass is 9.95. The highest BCUT2D eigenvalue weighted by Gasteiger charge is 2.12. The Morgan fingerprint density at radius 1 is 1.27 bits per heavy atom. The first-order chi connectivity index (χ1) is 5.10. The maximum atomic E-state index is 4.10. The Labute approximate surface area is 69.6 Å². The zero-order chi connectivity index (χ0) is 8.91. The van der Waals surface area contributed by atoms with Crippen molar-refractivity contribution in [2.24, 2.45) is 10.5 Å². The van der Waals surface area contributed by atoms with E-state index in [4.69, 9.17) is 0 Å². The van der Waals surface area contributed by atoms with E-state index in [1.54, 1.807) is 5.01 Å². The molecule has 0 N–H and O–H groups in total. The van der Waals surface area contributed by atoms with Gasteiger partial charge in [0.05, 0.1) is 0 Å². The van der Waals surface area contributed by atoms with Gasteiger partial charge in [0.2, 0.25) is 0 Å². The van der Waals surface area contributed by atoms with Crippen LogP contribution < -0.4 is 0 Å². The number of nitrogens with zero attached hydrogens (tertiary/aromatic N) is 2. The Balaban J connectivity index is 0.000000461. The van der Waals surface area contributed by atoms with Crippen molar-refractivity contribution in [1.82, 2.24) is 5.01 Å². The summed E-state index contributed by atoms with van der Waals surface area (Å²) in [6.07, 6.45) is 6.03. The Hall–Kier alpha value is -0.790. The summed E-state index contributed by atoms with van der Waals surface area (Å²) in [7, 11) is 1.92. The van der Waals surface area contributed by atoms with Crippen molar-refractivity contribution in [1.29, 1.82) is 0 Å². The molecule has 2 nitrogen and oxygen atoms in total. The van der Waals surface area contributed by atoms with Crippen LogP contribution in [0.5, 0.6) is 0 Å². The second-order valence-corrected chi connectivity index (χ2v) is 2.96. The molecule has 0 atom stereocenters. The molecule has 0 fully saturated rings. The first-order valence-corrected chi connectivity index (χ1v) is 4.07. The molecule has 1 aliphatic rings. The molecule has 1 heterocycles. The van der Waals surface area contributed by atoms with Gasteiger partial charge in [0.15, 0.2) is 0 Å². The average Bonchev–Trinajstić information content (AvgIpc) is 2.00. The fourth-order valence-corrected chi connectivity index (χ4v) is 0.621. The molecule has 0 spiro atoms. The van der Waals surface area contributed by atoms with E-state index in [0.717, 1.165) is 0 Å². The van der Waals surface area contributed by atoms with Crippen LogP contribution in [0.4, 0.5) is 0 Å². The van der Waals surface area contributed by atoms with Crippen molar-refractivity contribution in [3.8, 4) is 0 Å². The third-order valence-electron chi connectivity index (χ3n) is 1.29. The van der Waals surface area contributed by atoms with Gasteiger partial charge in [0, 0.05) is 24.9 Å². The van der Waals surface area contributed by atoms with Crippen molar-refractivity contribution in [2.75, 3.05) is 7.05 Å². The summed E-state index contributed by atoms with van der Waals surface area (Å²) in [5.74, 6) is 0. The van der Waals surface area contributed by atoms with Crippen LogP contribution in [-0.2, 0) is 0 Å². The average molecular weight is 154 g/mol. The number of allylic oxidation sites excluding steroid dienone is 1. The van der Waals surface area contributed by atoms with Crippen molar-refractivity contribution in [2.45, 2.75) is 27.7 Å². The van der Waals surface area contributed by atoms with Crippen LogP contribution in [0, 0.1) is 5.41 Å². The predicted octanol–water partition coefficient (Wildman–Crippen LogP) is 2.48. The molecule has 64 valence electrons. The Kier molecular flexibility index (Phi) is 3.86. The molecule has 0 amide bonds. The first-order valence-electron chi connectivity index (χ1n) is 4.07. The summed E-state index contributed by atoms with van der Waals surface area (Å²) >= 11 is 0. The second kappa shape index (κ2) is 4.16. The second-order valence-electron chi connectivity index (χ2n) is 2.96. The van der Waals surface area contributed by atoms with Crippen LogP contribution in [0.3, 0.4) is 0 Å². The van der Waals surface area contributed by atoms with Gasteiger partial charge in [-0.15, -0.1) is 0 Å². The third kappa shape index (κ3) is 3.81. The van der Waals surface area contributed by atoms with Crippen LogP contribution in [0.1, 0.15) is 27.7 Å². The molecule has 0 aliphatic carbocycles. The zero-order valence-electron chi connectivity index (χ0n) is 8.13. The molecule has 0 aromatic rings. The van der Waals surface area contributed by atoms with Crippen LogP contribution >= 0.6 is 0 Å². The summed E-state index contributed by atoms with van der Waals surface area (Å²) in [5, 5.41) is 5.90. The Morgan fingerprint density at radius 3 is 2.09 bits per heavy atom. The molecule has 1 aliphatic heterocycles. The smallest absolute Gasteiger partial charge is 0.0343 e. The lowest BCUT2D eigenvalue weighted by molar-refractivity contribution is 0.458. The van der Waals surface area contributed by atoms with Crippen molar-refractivity contribution >= 4 is 6.21 Å². The van der Waals surface area contributed by atoms with E-state index in [2.05, 4.69) is 25.0 Å². The summed E-state index contributed by atoms with van der Waals surface area (Å²) in [4.78, 5) is 0. The first kappa shape index (κ1) is 10.2. The minimum Gasteiger partial charge on any atom is -0.276 e. The normalized spacial score (nSPS) is 19.2. The van der Waals surface area contributed by atoms with Crippen molar-refractivity contribution in [3.63, 3.8) is 0 Å². The van der Waals surface area contributed by atoms with E-state index in [-0.39, 0.29) is 5.41 Å². The van der Waals surface area contributed by atoms with Gasteiger partial charge in [-0.05, 0) is 0 Å². The summed E-state index contributed by atoms with van der Waals surface area (Å²) < 4.78 is 0. The molecule has 1 rings (SSSR count). The molecule has 0 saturated heterocycles. The highest BCUT2D eigenvalue weighted by Crippen LogP contribution is 2.17. The van der Waals surface area contributed by atoms with Crippen LogP contribution in [-0.4, -0.2) is 18.3 Å². The monoisotopic (exact) mass is 154 g/mol. The van der Waals surface area contributed by atoms with Gasteiger partial charge in [-0.25, -0.2) is 0 Å². The number of hydrazone groups is 1. The highest BCUT2D eigenvalue weighted by atomic mass is 15.4. The van der Waals surface area contributed by atoms with Gasteiger partial charge in [0.25, 0.3) is 0 Å². The predicted molar refractivity (Wildman–Crippen MR) is 50.5 cm³/mol. The van der Waals surface area contributed by atoms with E-state index in [9.17, 15) is 0 Å². The highest BCUT2D eigenvalue weighted by molar-refractivity contribution is 5.68. The number of hydrogen-bond donors (Lipinski definition) is 0. The molecular weight excluding hydrogens is 136 g/mol. The van der Waals surface area contributed by atoms with Gasteiger partial charge < -0.3 is 0 Å². The molecule has 0 bridgehead atoms. The molecule has 0 unspecified atom stereocenters. The summed E-state index contributed by atoms with van der Waals surface area (Å²) in [6, 6.07) is 0. The van der Waals surface area contributed by atoms with Crippen molar-refractivity contribution < 1.29 is 0 Å². The van der Waals surface area contributed by atoms with E-state index >= 15 is 0 Å². The maximum absolute atomic E-state index is 4.10. The maximum Gasteiger partial charge on any atom is 0.0343 e. The van der Waals surface area contributed by atoms with Gasteiger partial charge in [-0.3, -0.25) is 5.01 Å². The minimum atomic E-state index is 0.145. The van der Waals surface area contributed by atoms with Gasteiger partial charge in [-0.2, -0.15) is 5.10 Å². The molecular formula is C9H18N2. The van der Waals surface area contributed by atoms with E-state index in [1.807, 2.05) is 33.3 Å². The van der Waals surface area contributed by atoms with E-state index < -0.39 is 0 Å². The van der Waals surface area contributed by atoms with Crippen LogP contribution in [0.25, 0.3) is 0 Å². The van der Waals surface area contributed by atoms with E-state index in [1.165, 1.54) is 0 Å². The Morgan fingerprint density at radius 2 is 1.82 bits per heavy atom. The van der Waals surface area contributed by atoms with Gasteiger partial charge in [-0.1, -0.05) is 33.8 Å². The lowest BCUT2D eigenvalue weighted by Gasteiger charge is -2.20. The third-order valence-corrected chi connectivity index (χ3v) is 1.29. The largest absolute Gasteiger partial charge is 0.276 e. The Bertz CT molecular complexity index is 141. The summed E-state index contributed by atoms with van der Waals surface area (Å²) in [5.41, 5.74) is 0.145. The summed E-state index contributed by atoms with van der Waals surface area (Å²) in [6.45, 7) is 8.25. The standard InChI is InChI=1S/C7H12N2.C2H6/c1-7(2)4-5-9(3)8-6-7;1-2/h4-6H,1-3H3;1-2H3. The van der Waals surface area contributed by atoms with Crippen molar-refractivity contribution in [3.05, 3.63) is 12.3 Å². The van der Waals surface area contributed by atoms with E-state index in [0.29, 0.717) is 0 Å². The molecule has 11 heavy (non-hydrogen) atoms. The number of rotatable bonds is 0. The fourth-order valence-electron chi connectivity index (χ4n) is 0.621. The molecule has 0 radical (unpaired) electrons. The lowest BCUT2D eigenvalue weighted by Crippen LogP contribution is -2.18. The molecule has 0 aromatic carbocycles. The quantitative estimate of drug-likeness (QED) is 0.523. The molecule has 2 heteroatoms. The topological polar surface area (TPSA) is 15.6 Å².